The Bertz CT molecular complexity index is 433. The summed E-state index contributed by atoms with van der Waals surface area (Å²) in [7, 11) is 1.44. The number of halogens is 2. The molecule has 0 spiro atoms. The van der Waals surface area contributed by atoms with Gasteiger partial charge < -0.3 is 10.1 Å². The van der Waals surface area contributed by atoms with Gasteiger partial charge in [-0.05, 0) is 25.5 Å². The third kappa shape index (κ3) is 3.35. The van der Waals surface area contributed by atoms with Gasteiger partial charge in [0.2, 0.25) is 0 Å². The van der Waals surface area contributed by atoms with Crippen LogP contribution in [0.4, 0.5) is 4.39 Å². The van der Waals surface area contributed by atoms with E-state index in [0.717, 1.165) is 0 Å². The summed E-state index contributed by atoms with van der Waals surface area (Å²) < 4.78 is 18.6. The second kappa shape index (κ2) is 6.05. The van der Waals surface area contributed by atoms with E-state index < -0.39 is 17.3 Å². The second-order valence-corrected chi connectivity index (χ2v) is 4.62. The van der Waals surface area contributed by atoms with Gasteiger partial charge in [0, 0.05) is 11.9 Å². The molecule has 0 saturated heterocycles. The lowest BCUT2D eigenvalue weighted by Crippen LogP contribution is -2.47. The van der Waals surface area contributed by atoms with Crippen LogP contribution in [0.25, 0.3) is 0 Å². The smallest absolute Gasteiger partial charge is 0.254 e. The minimum Gasteiger partial charge on any atom is -0.497 e. The number of amides is 1. The first-order valence-electron chi connectivity index (χ1n) is 5.67. The van der Waals surface area contributed by atoms with E-state index in [2.05, 4.69) is 5.32 Å². The van der Waals surface area contributed by atoms with Gasteiger partial charge in [0.15, 0.2) is 0 Å². The molecule has 0 aliphatic carbocycles. The van der Waals surface area contributed by atoms with E-state index in [1.165, 1.54) is 19.2 Å². The molecule has 0 bridgehead atoms. The van der Waals surface area contributed by atoms with Crippen molar-refractivity contribution < 1.29 is 13.9 Å². The van der Waals surface area contributed by atoms with Crippen molar-refractivity contribution in [3.05, 3.63) is 29.6 Å². The first-order valence-corrected chi connectivity index (χ1v) is 6.21. The molecule has 0 aliphatic heterocycles. The zero-order chi connectivity index (χ0) is 13.8. The number of hydrogen-bond acceptors (Lipinski definition) is 2. The Labute approximate surface area is 111 Å². The first kappa shape index (κ1) is 14.8. The molecule has 0 saturated carbocycles. The van der Waals surface area contributed by atoms with E-state index in [0.29, 0.717) is 12.2 Å². The molecule has 100 valence electrons. The SMILES string of the molecule is CCC(C)(CCl)NC(=O)c1ccc(OC)cc1F. The van der Waals surface area contributed by atoms with E-state index in [4.69, 9.17) is 16.3 Å². The molecule has 0 radical (unpaired) electrons. The van der Waals surface area contributed by atoms with E-state index in [9.17, 15) is 9.18 Å². The first-order chi connectivity index (χ1) is 8.45. The van der Waals surface area contributed by atoms with Gasteiger partial charge in [-0.2, -0.15) is 0 Å². The van der Waals surface area contributed by atoms with Gasteiger partial charge in [-0.15, -0.1) is 11.6 Å². The van der Waals surface area contributed by atoms with Crippen molar-refractivity contribution in [1.29, 1.82) is 0 Å². The highest BCUT2D eigenvalue weighted by atomic mass is 35.5. The van der Waals surface area contributed by atoms with Crippen molar-refractivity contribution in [2.75, 3.05) is 13.0 Å². The number of carbonyl (C=O) groups excluding carboxylic acids is 1. The summed E-state index contributed by atoms with van der Waals surface area (Å²) in [4.78, 5) is 11.9. The lowest BCUT2D eigenvalue weighted by Gasteiger charge is -2.27. The van der Waals surface area contributed by atoms with Gasteiger partial charge >= 0.3 is 0 Å². The number of nitrogens with one attached hydrogen (secondary N) is 1. The lowest BCUT2D eigenvalue weighted by molar-refractivity contribution is 0.0908. The van der Waals surface area contributed by atoms with Crippen LogP contribution in [0.1, 0.15) is 30.6 Å². The molecular formula is C13H17ClFNO2. The fourth-order valence-corrected chi connectivity index (χ4v) is 1.62. The minimum atomic E-state index is -0.611. The Kier molecular flexibility index (Phi) is 4.96. The van der Waals surface area contributed by atoms with Crippen molar-refractivity contribution >= 4 is 17.5 Å². The Hall–Kier alpha value is -1.29. The van der Waals surface area contributed by atoms with Gasteiger partial charge in [-0.1, -0.05) is 6.92 Å². The molecule has 1 N–H and O–H groups in total. The zero-order valence-electron chi connectivity index (χ0n) is 10.7. The summed E-state index contributed by atoms with van der Waals surface area (Å²) in [6.45, 7) is 3.73. The third-order valence-electron chi connectivity index (χ3n) is 2.91. The van der Waals surface area contributed by atoms with Gasteiger partial charge in [0.05, 0.1) is 18.2 Å². The van der Waals surface area contributed by atoms with Crippen molar-refractivity contribution in [2.24, 2.45) is 0 Å². The van der Waals surface area contributed by atoms with Crippen LogP contribution in [0.5, 0.6) is 5.75 Å². The van der Waals surface area contributed by atoms with Crippen LogP contribution in [0.2, 0.25) is 0 Å². The normalized spacial score (nSPS) is 13.8. The van der Waals surface area contributed by atoms with Gasteiger partial charge in [0.25, 0.3) is 5.91 Å². The fraction of sp³-hybridized carbons (Fsp3) is 0.462. The summed E-state index contributed by atoms with van der Waals surface area (Å²) in [6.07, 6.45) is 0.667. The lowest BCUT2D eigenvalue weighted by atomic mass is 10.0. The summed E-state index contributed by atoms with van der Waals surface area (Å²) in [5, 5.41) is 2.74. The standard InChI is InChI=1S/C13H17ClFNO2/c1-4-13(2,8-14)16-12(17)10-6-5-9(18-3)7-11(10)15/h5-7H,4,8H2,1-3H3,(H,16,17). The maximum Gasteiger partial charge on any atom is 0.254 e. The molecule has 1 aromatic rings. The van der Waals surface area contributed by atoms with Crippen LogP contribution in [0.15, 0.2) is 18.2 Å². The highest BCUT2D eigenvalue weighted by Gasteiger charge is 2.25. The molecule has 1 rings (SSSR count). The predicted octanol–water partition coefficient (Wildman–Crippen LogP) is 2.97. The summed E-state index contributed by atoms with van der Waals surface area (Å²) in [6, 6.07) is 4.12. The average Bonchev–Trinajstić information content (AvgIpc) is 2.38. The van der Waals surface area contributed by atoms with Crippen LogP contribution < -0.4 is 10.1 Å². The van der Waals surface area contributed by atoms with Crippen LogP contribution in [-0.4, -0.2) is 24.4 Å². The highest BCUT2D eigenvalue weighted by Crippen LogP contribution is 2.18. The van der Waals surface area contributed by atoms with Crippen LogP contribution in [-0.2, 0) is 0 Å². The molecule has 1 aromatic carbocycles. The van der Waals surface area contributed by atoms with Crippen molar-refractivity contribution in [3.8, 4) is 5.75 Å². The maximum absolute atomic E-state index is 13.7. The Morgan fingerprint density at radius 3 is 2.67 bits per heavy atom. The Morgan fingerprint density at radius 2 is 2.22 bits per heavy atom. The molecule has 0 heterocycles. The van der Waals surface area contributed by atoms with Crippen molar-refractivity contribution in [3.63, 3.8) is 0 Å². The zero-order valence-corrected chi connectivity index (χ0v) is 11.5. The monoisotopic (exact) mass is 273 g/mol. The molecule has 3 nitrogen and oxygen atoms in total. The largest absolute Gasteiger partial charge is 0.497 e. The van der Waals surface area contributed by atoms with E-state index in [1.807, 2.05) is 13.8 Å². The van der Waals surface area contributed by atoms with Gasteiger partial charge in [-0.3, -0.25) is 4.79 Å². The molecule has 5 heteroatoms. The molecule has 1 unspecified atom stereocenters. The van der Waals surface area contributed by atoms with E-state index in [-0.39, 0.29) is 11.4 Å². The quantitative estimate of drug-likeness (QED) is 0.838. The number of benzene rings is 1. The molecule has 0 fully saturated rings. The maximum atomic E-state index is 13.7. The number of methoxy groups -OCH3 is 1. The summed E-state index contributed by atoms with van der Waals surface area (Å²) in [5.41, 5.74) is -0.550. The number of hydrogen-bond donors (Lipinski definition) is 1. The number of rotatable bonds is 5. The molecular weight excluding hydrogens is 257 g/mol. The summed E-state index contributed by atoms with van der Waals surface area (Å²) >= 11 is 5.80. The number of alkyl halides is 1. The Balaban J connectivity index is 2.91. The van der Waals surface area contributed by atoms with Crippen molar-refractivity contribution in [1.82, 2.24) is 5.32 Å². The van der Waals surface area contributed by atoms with Gasteiger partial charge in [0.1, 0.15) is 11.6 Å². The topological polar surface area (TPSA) is 38.3 Å². The molecule has 0 aromatic heterocycles. The van der Waals surface area contributed by atoms with Crippen LogP contribution in [0, 0.1) is 5.82 Å². The molecule has 1 amide bonds. The van der Waals surface area contributed by atoms with Gasteiger partial charge in [-0.25, -0.2) is 4.39 Å². The second-order valence-electron chi connectivity index (χ2n) is 4.35. The summed E-state index contributed by atoms with van der Waals surface area (Å²) in [5.74, 6) is -0.438. The average molecular weight is 274 g/mol. The van der Waals surface area contributed by atoms with Crippen molar-refractivity contribution in [2.45, 2.75) is 25.8 Å². The Morgan fingerprint density at radius 1 is 1.56 bits per heavy atom. The third-order valence-corrected chi connectivity index (χ3v) is 3.50. The fourth-order valence-electron chi connectivity index (χ4n) is 1.36. The molecule has 1 atom stereocenters. The molecule has 18 heavy (non-hydrogen) atoms. The highest BCUT2D eigenvalue weighted by molar-refractivity contribution is 6.18. The minimum absolute atomic E-state index is 0.0133. The van der Waals surface area contributed by atoms with Crippen LogP contribution >= 0.6 is 11.6 Å². The van der Waals surface area contributed by atoms with E-state index in [1.54, 1.807) is 6.07 Å². The molecule has 0 aliphatic rings. The number of ether oxygens (including phenoxy) is 1. The van der Waals surface area contributed by atoms with Crippen LogP contribution in [0.3, 0.4) is 0 Å². The van der Waals surface area contributed by atoms with E-state index >= 15 is 0 Å². The number of carbonyl (C=O) groups is 1. The predicted molar refractivity (Wildman–Crippen MR) is 69.8 cm³/mol.